The van der Waals surface area contributed by atoms with Crippen molar-refractivity contribution in [2.45, 2.75) is 71.5 Å². The van der Waals surface area contributed by atoms with Crippen LogP contribution in [0.3, 0.4) is 0 Å². The minimum atomic E-state index is -0.140. The van der Waals surface area contributed by atoms with Crippen LogP contribution in [0, 0.1) is 5.92 Å². The van der Waals surface area contributed by atoms with Gasteiger partial charge in [-0.3, -0.25) is 9.59 Å². The molecule has 2 amide bonds. The normalized spacial score (nSPS) is 13.8. The number of nitrogens with zero attached hydrogens (tertiary/aromatic N) is 3. The Morgan fingerprint density at radius 2 is 1.80 bits per heavy atom. The molecule has 0 aliphatic heterocycles. The molecule has 214 valence electrons. The molecule has 0 bridgehead atoms. The molecular formula is C33H42ClN3O3. The van der Waals surface area contributed by atoms with Crippen LogP contribution >= 0.6 is 11.6 Å². The Bertz CT molecular complexity index is 1270. The summed E-state index contributed by atoms with van der Waals surface area (Å²) in [6.45, 7) is 6.01. The number of halogens is 1. The summed E-state index contributed by atoms with van der Waals surface area (Å²) in [5, 5.41) is 0.735. The average Bonchev–Trinajstić information content (AvgIpc) is 3.41. The maximum absolute atomic E-state index is 14.1. The lowest BCUT2D eigenvalue weighted by atomic mass is 9.94. The first kappa shape index (κ1) is 29.7. The fourth-order valence-electron chi connectivity index (χ4n) is 5.40. The van der Waals surface area contributed by atoms with Crippen molar-refractivity contribution in [3.8, 4) is 5.75 Å². The van der Waals surface area contributed by atoms with Crippen molar-refractivity contribution in [2.24, 2.45) is 5.92 Å². The minimum absolute atomic E-state index is 0.00241. The molecule has 0 unspecified atom stereocenters. The fraction of sp³-hybridized carbons (Fsp3) is 0.455. The lowest BCUT2D eigenvalue weighted by molar-refractivity contribution is -0.135. The van der Waals surface area contributed by atoms with Gasteiger partial charge < -0.3 is 19.1 Å². The van der Waals surface area contributed by atoms with Gasteiger partial charge in [0, 0.05) is 41.6 Å². The number of methoxy groups -OCH3 is 1. The lowest BCUT2D eigenvalue weighted by Gasteiger charge is -2.36. The molecule has 1 saturated carbocycles. The predicted octanol–water partition coefficient (Wildman–Crippen LogP) is 7.05. The Labute approximate surface area is 243 Å². The molecule has 0 atom stereocenters. The molecule has 1 aliphatic rings. The summed E-state index contributed by atoms with van der Waals surface area (Å²) in [5.41, 5.74) is 2.64. The van der Waals surface area contributed by atoms with Crippen LogP contribution in [-0.2, 0) is 17.9 Å². The molecule has 0 saturated heterocycles. The molecule has 1 heterocycles. The van der Waals surface area contributed by atoms with Gasteiger partial charge in [0.05, 0.1) is 13.7 Å². The van der Waals surface area contributed by atoms with Crippen LogP contribution in [0.25, 0.3) is 0 Å². The van der Waals surface area contributed by atoms with Gasteiger partial charge in [0.25, 0.3) is 5.91 Å². The summed E-state index contributed by atoms with van der Waals surface area (Å²) >= 11 is 6.46. The lowest BCUT2D eigenvalue weighted by Crippen LogP contribution is -2.48. The van der Waals surface area contributed by atoms with E-state index in [9.17, 15) is 9.59 Å². The maximum Gasteiger partial charge on any atom is 0.254 e. The number of hydrogen-bond donors (Lipinski definition) is 0. The number of amides is 2. The predicted molar refractivity (Wildman–Crippen MR) is 161 cm³/mol. The van der Waals surface area contributed by atoms with Gasteiger partial charge in [0.1, 0.15) is 12.3 Å². The Morgan fingerprint density at radius 3 is 2.52 bits per heavy atom. The van der Waals surface area contributed by atoms with Gasteiger partial charge in [-0.05, 0) is 67.1 Å². The van der Waals surface area contributed by atoms with Crippen LogP contribution in [0.2, 0.25) is 5.02 Å². The summed E-state index contributed by atoms with van der Waals surface area (Å²) < 4.78 is 7.51. The van der Waals surface area contributed by atoms with Crippen molar-refractivity contribution in [1.82, 2.24) is 14.4 Å². The summed E-state index contributed by atoms with van der Waals surface area (Å²) in [4.78, 5) is 31.5. The largest absolute Gasteiger partial charge is 0.497 e. The third-order valence-electron chi connectivity index (χ3n) is 7.80. The standard InChI is InChI=1S/C33H42ClN3O3/c1-25(2)18-20-36(33(39)26-12-9-16-30(21-26)40-3)24-32(38)37(28-13-5-4-6-14-28)23-29-15-10-19-35(29)22-27-11-7-8-17-31(27)34/h7-12,15-17,19,21,25,28H,4-6,13-14,18,20,22-24H2,1-3H3. The second kappa shape index (κ2) is 14.4. The van der Waals surface area contributed by atoms with Gasteiger partial charge in [-0.1, -0.05) is 69.0 Å². The summed E-state index contributed by atoms with van der Waals surface area (Å²) in [5.74, 6) is 0.901. The van der Waals surface area contributed by atoms with Crippen molar-refractivity contribution in [3.05, 3.63) is 88.7 Å². The Morgan fingerprint density at radius 1 is 1.02 bits per heavy atom. The summed E-state index contributed by atoms with van der Waals surface area (Å²) in [6.07, 6.45) is 8.30. The number of aromatic nitrogens is 1. The van der Waals surface area contributed by atoms with E-state index in [-0.39, 0.29) is 24.4 Å². The van der Waals surface area contributed by atoms with Gasteiger partial charge in [-0.2, -0.15) is 0 Å². The first-order chi connectivity index (χ1) is 19.4. The molecule has 40 heavy (non-hydrogen) atoms. The van der Waals surface area contributed by atoms with E-state index in [1.54, 1.807) is 24.1 Å². The summed E-state index contributed by atoms with van der Waals surface area (Å²) in [7, 11) is 1.59. The highest BCUT2D eigenvalue weighted by atomic mass is 35.5. The zero-order chi connectivity index (χ0) is 28.5. The van der Waals surface area contributed by atoms with E-state index in [2.05, 4.69) is 24.5 Å². The molecule has 1 aromatic heterocycles. The molecule has 6 nitrogen and oxygen atoms in total. The molecule has 4 rings (SSSR count). The average molecular weight is 564 g/mol. The van der Waals surface area contributed by atoms with Crippen LogP contribution < -0.4 is 4.74 Å². The highest BCUT2D eigenvalue weighted by Crippen LogP contribution is 2.26. The second-order valence-electron chi connectivity index (χ2n) is 11.2. The topological polar surface area (TPSA) is 54.8 Å². The number of ether oxygens (including phenoxy) is 1. The quantitative estimate of drug-likeness (QED) is 0.237. The van der Waals surface area contributed by atoms with E-state index in [0.29, 0.717) is 36.9 Å². The van der Waals surface area contributed by atoms with Crippen LogP contribution in [0.1, 0.15) is 74.0 Å². The van der Waals surface area contributed by atoms with E-state index >= 15 is 0 Å². The molecule has 1 aliphatic carbocycles. The van der Waals surface area contributed by atoms with E-state index < -0.39 is 0 Å². The number of carbonyl (C=O) groups excluding carboxylic acids is 2. The molecule has 0 spiro atoms. The Kier molecular flexibility index (Phi) is 10.7. The van der Waals surface area contributed by atoms with Crippen LogP contribution in [0.5, 0.6) is 5.75 Å². The zero-order valence-electron chi connectivity index (χ0n) is 24.0. The van der Waals surface area contributed by atoms with Gasteiger partial charge in [-0.25, -0.2) is 0 Å². The third-order valence-corrected chi connectivity index (χ3v) is 8.17. The molecule has 2 aromatic carbocycles. The third kappa shape index (κ3) is 7.91. The Balaban J connectivity index is 1.57. The van der Waals surface area contributed by atoms with E-state index in [4.69, 9.17) is 16.3 Å². The summed E-state index contributed by atoms with van der Waals surface area (Å²) in [6, 6.07) is 19.3. The van der Waals surface area contributed by atoms with E-state index in [0.717, 1.165) is 48.4 Å². The van der Waals surface area contributed by atoms with E-state index in [1.165, 1.54) is 6.42 Å². The van der Waals surface area contributed by atoms with Gasteiger partial charge in [0.15, 0.2) is 0 Å². The van der Waals surface area contributed by atoms with Crippen molar-refractivity contribution in [2.75, 3.05) is 20.2 Å². The second-order valence-corrected chi connectivity index (χ2v) is 11.6. The van der Waals surface area contributed by atoms with Gasteiger partial charge in [0.2, 0.25) is 5.91 Å². The van der Waals surface area contributed by atoms with Crippen LogP contribution in [-0.4, -0.2) is 52.4 Å². The molecular weight excluding hydrogens is 522 g/mol. The van der Waals surface area contributed by atoms with Crippen molar-refractivity contribution >= 4 is 23.4 Å². The van der Waals surface area contributed by atoms with Crippen molar-refractivity contribution in [1.29, 1.82) is 0 Å². The first-order valence-corrected chi connectivity index (χ1v) is 14.8. The van der Waals surface area contributed by atoms with Crippen molar-refractivity contribution < 1.29 is 14.3 Å². The van der Waals surface area contributed by atoms with Crippen molar-refractivity contribution in [3.63, 3.8) is 0 Å². The molecule has 1 fully saturated rings. The number of benzene rings is 2. The molecule has 0 radical (unpaired) electrons. The SMILES string of the molecule is COc1cccc(C(=O)N(CCC(C)C)CC(=O)N(Cc2cccn2Cc2ccccc2Cl)C2CCCCC2)c1. The molecule has 0 N–H and O–H groups in total. The van der Waals surface area contributed by atoms with Crippen LogP contribution in [0.4, 0.5) is 0 Å². The number of rotatable bonds is 12. The number of hydrogen-bond acceptors (Lipinski definition) is 3. The van der Waals surface area contributed by atoms with E-state index in [1.807, 2.05) is 53.6 Å². The highest BCUT2D eigenvalue weighted by Gasteiger charge is 2.29. The van der Waals surface area contributed by atoms with Gasteiger partial charge >= 0.3 is 0 Å². The van der Waals surface area contributed by atoms with Gasteiger partial charge in [-0.15, -0.1) is 0 Å². The molecule has 3 aromatic rings. The molecule has 7 heteroatoms. The smallest absolute Gasteiger partial charge is 0.254 e. The Hall–Kier alpha value is -3.25. The maximum atomic E-state index is 14.1. The monoisotopic (exact) mass is 563 g/mol. The minimum Gasteiger partial charge on any atom is -0.497 e. The zero-order valence-corrected chi connectivity index (χ0v) is 24.8. The fourth-order valence-corrected chi connectivity index (χ4v) is 5.60. The number of carbonyl (C=O) groups is 2. The highest BCUT2D eigenvalue weighted by molar-refractivity contribution is 6.31. The van der Waals surface area contributed by atoms with Crippen LogP contribution in [0.15, 0.2) is 66.9 Å². The first-order valence-electron chi connectivity index (χ1n) is 14.5.